The fourth-order valence-electron chi connectivity index (χ4n) is 2.65. The van der Waals surface area contributed by atoms with E-state index in [9.17, 15) is 8.42 Å². The second-order valence-electron chi connectivity index (χ2n) is 5.76. The summed E-state index contributed by atoms with van der Waals surface area (Å²) in [6.45, 7) is 4.45. The number of halogens is 1. The number of sulfonamides is 1. The molecule has 1 fully saturated rings. The molecule has 1 aromatic rings. The van der Waals surface area contributed by atoms with Gasteiger partial charge in [-0.25, -0.2) is 13.1 Å². The average molecular weight is 317 g/mol. The van der Waals surface area contributed by atoms with E-state index in [0.717, 1.165) is 12.8 Å². The molecular weight excluding hydrogens is 296 g/mol. The second-order valence-corrected chi connectivity index (χ2v) is 7.93. The summed E-state index contributed by atoms with van der Waals surface area (Å²) in [5.74, 6) is 1.12. The molecule has 1 saturated carbocycles. The Kier molecular flexibility index (Phi) is 4.62. The molecule has 1 aliphatic carbocycles. The average Bonchev–Trinajstić information content (AvgIpc) is 2.79. The number of anilines is 1. The highest BCUT2D eigenvalue weighted by Crippen LogP contribution is 2.30. The molecule has 0 heterocycles. The van der Waals surface area contributed by atoms with Crippen molar-refractivity contribution in [3.05, 3.63) is 22.7 Å². The molecule has 1 aromatic carbocycles. The van der Waals surface area contributed by atoms with E-state index >= 15 is 0 Å². The van der Waals surface area contributed by atoms with Gasteiger partial charge in [-0.2, -0.15) is 0 Å². The predicted octanol–water partition coefficient (Wildman–Crippen LogP) is 2.95. The van der Waals surface area contributed by atoms with Crippen molar-refractivity contribution in [3.63, 3.8) is 0 Å². The normalized spacial score (nSPS) is 23.1. The molecule has 1 aliphatic rings. The molecule has 2 atom stereocenters. The highest BCUT2D eigenvalue weighted by molar-refractivity contribution is 7.89. The first-order valence-electron chi connectivity index (χ1n) is 6.85. The Labute approximate surface area is 125 Å². The van der Waals surface area contributed by atoms with Gasteiger partial charge in [-0.05, 0) is 49.3 Å². The van der Waals surface area contributed by atoms with Crippen LogP contribution in [0.15, 0.2) is 17.0 Å². The summed E-state index contributed by atoms with van der Waals surface area (Å²) in [6.07, 6.45) is 3.34. The maximum Gasteiger partial charge on any atom is 0.240 e. The van der Waals surface area contributed by atoms with Crippen LogP contribution in [0.5, 0.6) is 0 Å². The molecule has 112 valence electrons. The van der Waals surface area contributed by atoms with Crippen molar-refractivity contribution >= 4 is 27.3 Å². The van der Waals surface area contributed by atoms with E-state index in [4.69, 9.17) is 17.3 Å². The molecule has 0 bridgehead atoms. The fraction of sp³-hybridized carbons (Fsp3) is 0.571. The highest BCUT2D eigenvalue weighted by Gasteiger charge is 2.24. The van der Waals surface area contributed by atoms with Gasteiger partial charge in [0, 0.05) is 17.3 Å². The lowest BCUT2D eigenvalue weighted by molar-refractivity contribution is 0.498. The fourth-order valence-corrected chi connectivity index (χ4v) is 4.12. The quantitative estimate of drug-likeness (QED) is 0.839. The number of rotatable bonds is 4. The molecule has 0 spiro atoms. The summed E-state index contributed by atoms with van der Waals surface area (Å²) >= 11 is 6.00. The van der Waals surface area contributed by atoms with Crippen molar-refractivity contribution in [2.24, 2.45) is 11.8 Å². The smallest absolute Gasteiger partial charge is 0.240 e. The number of hydrogen-bond donors (Lipinski definition) is 2. The van der Waals surface area contributed by atoms with E-state index in [0.29, 0.717) is 34.7 Å². The van der Waals surface area contributed by atoms with Crippen LogP contribution < -0.4 is 10.5 Å². The van der Waals surface area contributed by atoms with Crippen LogP contribution in [0.25, 0.3) is 0 Å². The van der Waals surface area contributed by atoms with Crippen LogP contribution in [0.2, 0.25) is 5.02 Å². The lowest BCUT2D eigenvalue weighted by atomic mass is 10.1. The standard InChI is InChI=1S/C14H21ClN2O2S/c1-9-3-4-11(5-9)8-17-20(18,19)12-6-13(15)10(2)14(16)7-12/h6-7,9,11,17H,3-5,8,16H2,1-2H3. The van der Waals surface area contributed by atoms with Crippen LogP contribution in [0, 0.1) is 18.8 Å². The maximum absolute atomic E-state index is 12.3. The largest absolute Gasteiger partial charge is 0.398 e. The first kappa shape index (κ1) is 15.6. The Morgan fingerprint density at radius 3 is 2.65 bits per heavy atom. The van der Waals surface area contributed by atoms with Gasteiger partial charge in [0.25, 0.3) is 0 Å². The van der Waals surface area contributed by atoms with Crippen molar-refractivity contribution < 1.29 is 8.42 Å². The molecular formula is C14H21ClN2O2S. The topological polar surface area (TPSA) is 72.2 Å². The predicted molar refractivity (Wildman–Crippen MR) is 82.3 cm³/mol. The minimum absolute atomic E-state index is 0.136. The summed E-state index contributed by atoms with van der Waals surface area (Å²) < 4.78 is 27.2. The van der Waals surface area contributed by atoms with Gasteiger partial charge >= 0.3 is 0 Å². The summed E-state index contributed by atoms with van der Waals surface area (Å²) in [6, 6.07) is 2.91. The molecule has 0 saturated heterocycles. The molecule has 4 nitrogen and oxygen atoms in total. The first-order chi connectivity index (χ1) is 9.29. The minimum atomic E-state index is -3.54. The molecule has 0 radical (unpaired) electrons. The molecule has 0 amide bonds. The summed E-state index contributed by atoms with van der Waals surface area (Å²) in [5, 5.41) is 0.375. The molecule has 0 aliphatic heterocycles. The van der Waals surface area contributed by atoms with Gasteiger partial charge in [-0.1, -0.05) is 24.9 Å². The first-order valence-corrected chi connectivity index (χ1v) is 8.71. The zero-order valence-electron chi connectivity index (χ0n) is 11.8. The van der Waals surface area contributed by atoms with Crippen LogP contribution in [0.4, 0.5) is 5.69 Å². The zero-order valence-corrected chi connectivity index (χ0v) is 13.4. The Morgan fingerprint density at radius 2 is 2.10 bits per heavy atom. The van der Waals surface area contributed by atoms with E-state index in [-0.39, 0.29) is 4.90 Å². The van der Waals surface area contributed by atoms with Crippen LogP contribution in [0.1, 0.15) is 31.7 Å². The molecule has 2 rings (SSSR count). The van der Waals surface area contributed by atoms with E-state index in [1.54, 1.807) is 6.92 Å². The van der Waals surface area contributed by atoms with Crippen LogP contribution in [-0.4, -0.2) is 15.0 Å². The minimum Gasteiger partial charge on any atom is -0.398 e. The van der Waals surface area contributed by atoms with Crippen molar-refractivity contribution in [1.29, 1.82) is 0 Å². The molecule has 3 N–H and O–H groups in total. The van der Waals surface area contributed by atoms with E-state index in [2.05, 4.69) is 11.6 Å². The van der Waals surface area contributed by atoms with Crippen molar-refractivity contribution in [3.8, 4) is 0 Å². The number of nitrogen functional groups attached to an aromatic ring is 1. The van der Waals surface area contributed by atoms with E-state index in [1.807, 2.05) is 0 Å². The number of hydrogen-bond acceptors (Lipinski definition) is 3. The molecule has 0 aromatic heterocycles. The zero-order chi connectivity index (χ0) is 14.9. The van der Waals surface area contributed by atoms with Gasteiger partial charge in [-0.15, -0.1) is 0 Å². The van der Waals surface area contributed by atoms with Crippen LogP contribution in [-0.2, 0) is 10.0 Å². The van der Waals surface area contributed by atoms with Crippen LogP contribution in [0.3, 0.4) is 0 Å². The number of nitrogens with two attached hydrogens (primary N) is 1. The monoisotopic (exact) mass is 316 g/mol. The Bertz CT molecular complexity index is 578. The number of nitrogens with one attached hydrogen (secondary N) is 1. The Hall–Kier alpha value is -0.780. The van der Waals surface area contributed by atoms with Gasteiger partial charge in [0.2, 0.25) is 10.0 Å². The van der Waals surface area contributed by atoms with Crippen molar-refractivity contribution in [1.82, 2.24) is 4.72 Å². The van der Waals surface area contributed by atoms with Crippen LogP contribution >= 0.6 is 11.6 Å². The molecule has 6 heteroatoms. The van der Waals surface area contributed by atoms with Gasteiger partial charge < -0.3 is 5.73 Å². The summed E-state index contributed by atoms with van der Waals surface area (Å²) in [7, 11) is -3.54. The van der Waals surface area contributed by atoms with Crippen molar-refractivity contribution in [2.45, 2.75) is 38.0 Å². The number of benzene rings is 1. The van der Waals surface area contributed by atoms with E-state index in [1.165, 1.54) is 18.6 Å². The van der Waals surface area contributed by atoms with E-state index < -0.39 is 10.0 Å². The van der Waals surface area contributed by atoms with Gasteiger partial charge in [0.1, 0.15) is 0 Å². The third kappa shape index (κ3) is 3.45. The van der Waals surface area contributed by atoms with Gasteiger partial charge in [-0.3, -0.25) is 0 Å². The maximum atomic E-state index is 12.3. The molecule has 2 unspecified atom stereocenters. The lowest BCUT2D eigenvalue weighted by Crippen LogP contribution is -2.28. The second kappa shape index (κ2) is 5.92. The third-order valence-electron chi connectivity index (χ3n) is 4.03. The van der Waals surface area contributed by atoms with Gasteiger partial charge in [0.15, 0.2) is 0 Å². The van der Waals surface area contributed by atoms with Gasteiger partial charge in [0.05, 0.1) is 4.90 Å². The SMILES string of the molecule is Cc1c(N)cc(S(=O)(=O)NCC2CCC(C)C2)cc1Cl. The highest BCUT2D eigenvalue weighted by atomic mass is 35.5. The lowest BCUT2D eigenvalue weighted by Gasteiger charge is -2.13. The summed E-state index contributed by atoms with van der Waals surface area (Å²) in [5.41, 5.74) is 6.88. The Morgan fingerprint density at radius 1 is 1.40 bits per heavy atom. The van der Waals surface area contributed by atoms with Crippen molar-refractivity contribution in [2.75, 3.05) is 12.3 Å². The Balaban J connectivity index is 2.10. The summed E-state index contributed by atoms with van der Waals surface area (Å²) in [4.78, 5) is 0.136. The molecule has 20 heavy (non-hydrogen) atoms. The third-order valence-corrected chi connectivity index (χ3v) is 5.83.